The van der Waals surface area contributed by atoms with Gasteiger partial charge in [0.2, 0.25) is 0 Å². The lowest BCUT2D eigenvalue weighted by Crippen LogP contribution is -2.45. The SMILES string of the molecule is CC(C)Oc1ccccc1CC(O)C1CNCCO1. The number of hydrogen-bond acceptors (Lipinski definition) is 4. The van der Waals surface area contributed by atoms with E-state index in [4.69, 9.17) is 9.47 Å². The van der Waals surface area contributed by atoms with E-state index in [1.165, 1.54) is 0 Å². The second-order valence-corrected chi connectivity index (χ2v) is 5.16. The zero-order chi connectivity index (χ0) is 13.7. The number of para-hydroxylation sites is 1. The lowest BCUT2D eigenvalue weighted by atomic mass is 10.0. The number of benzene rings is 1. The predicted molar refractivity (Wildman–Crippen MR) is 74.5 cm³/mol. The van der Waals surface area contributed by atoms with Crippen LogP contribution in [0, 0.1) is 0 Å². The molecule has 0 aliphatic carbocycles. The van der Waals surface area contributed by atoms with Crippen LogP contribution in [0.2, 0.25) is 0 Å². The summed E-state index contributed by atoms with van der Waals surface area (Å²) >= 11 is 0. The first-order chi connectivity index (χ1) is 9.16. The lowest BCUT2D eigenvalue weighted by molar-refractivity contribution is -0.0516. The van der Waals surface area contributed by atoms with Crippen molar-refractivity contribution < 1.29 is 14.6 Å². The van der Waals surface area contributed by atoms with Crippen molar-refractivity contribution in [2.75, 3.05) is 19.7 Å². The summed E-state index contributed by atoms with van der Waals surface area (Å²) in [7, 11) is 0. The molecule has 1 aliphatic rings. The molecule has 2 N–H and O–H groups in total. The number of aliphatic hydroxyl groups is 1. The van der Waals surface area contributed by atoms with Crippen molar-refractivity contribution >= 4 is 0 Å². The third-order valence-electron chi connectivity index (χ3n) is 3.15. The van der Waals surface area contributed by atoms with E-state index in [-0.39, 0.29) is 12.2 Å². The third kappa shape index (κ3) is 4.20. The Balaban J connectivity index is 2.01. The summed E-state index contributed by atoms with van der Waals surface area (Å²) in [6.07, 6.45) is 0.0337. The molecule has 0 bridgehead atoms. The summed E-state index contributed by atoms with van der Waals surface area (Å²) in [5.74, 6) is 0.848. The first-order valence-electron chi connectivity index (χ1n) is 6.91. The monoisotopic (exact) mass is 265 g/mol. The number of morpholine rings is 1. The molecule has 0 amide bonds. The number of nitrogens with one attached hydrogen (secondary N) is 1. The van der Waals surface area contributed by atoms with E-state index in [1.54, 1.807) is 0 Å². The van der Waals surface area contributed by atoms with Gasteiger partial charge in [-0.25, -0.2) is 0 Å². The van der Waals surface area contributed by atoms with Gasteiger partial charge in [0, 0.05) is 19.5 Å². The maximum atomic E-state index is 10.3. The van der Waals surface area contributed by atoms with Gasteiger partial charge in [-0.05, 0) is 25.5 Å². The molecule has 2 unspecified atom stereocenters. The number of aliphatic hydroxyl groups excluding tert-OH is 1. The average Bonchev–Trinajstić information content (AvgIpc) is 2.41. The number of ether oxygens (including phenoxy) is 2. The Labute approximate surface area is 114 Å². The molecule has 1 aliphatic heterocycles. The Morgan fingerprint density at radius 2 is 2.21 bits per heavy atom. The van der Waals surface area contributed by atoms with Crippen LogP contribution in [0.1, 0.15) is 19.4 Å². The van der Waals surface area contributed by atoms with Crippen LogP contribution in [0.4, 0.5) is 0 Å². The number of rotatable bonds is 5. The van der Waals surface area contributed by atoms with E-state index < -0.39 is 6.10 Å². The predicted octanol–water partition coefficient (Wildman–Crippen LogP) is 1.37. The van der Waals surface area contributed by atoms with Crippen LogP contribution in [0.5, 0.6) is 5.75 Å². The van der Waals surface area contributed by atoms with Gasteiger partial charge < -0.3 is 19.9 Å². The molecule has 106 valence electrons. The minimum absolute atomic E-state index is 0.130. The summed E-state index contributed by atoms with van der Waals surface area (Å²) in [5, 5.41) is 13.5. The van der Waals surface area contributed by atoms with E-state index in [1.807, 2.05) is 38.1 Å². The van der Waals surface area contributed by atoms with Gasteiger partial charge in [-0.1, -0.05) is 18.2 Å². The minimum Gasteiger partial charge on any atom is -0.491 e. The molecule has 4 heteroatoms. The van der Waals surface area contributed by atoms with Gasteiger partial charge in [-0.15, -0.1) is 0 Å². The van der Waals surface area contributed by atoms with Crippen molar-refractivity contribution in [2.24, 2.45) is 0 Å². The van der Waals surface area contributed by atoms with Crippen molar-refractivity contribution in [1.29, 1.82) is 0 Å². The maximum absolute atomic E-state index is 10.3. The molecule has 1 aromatic rings. The van der Waals surface area contributed by atoms with Gasteiger partial charge in [-0.3, -0.25) is 0 Å². The molecule has 1 heterocycles. The van der Waals surface area contributed by atoms with Gasteiger partial charge in [0.25, 0.3) is 0 Å². The molecule has 1 aromatic carbocycles. The average molecular weight is 265 g/mol. The first kappa shape index (κ1) is 14.3. The number of hydrogen-bond donors (Lipinski definition) is 2. The Hall–Kier alpha value is -1.10. The topological polar surface area (TPSA) is 50.7 Å². The van der Waals surface area contributed by atoms with Crippen LogP contribution in [0.15, 0.2) is 24.3 Å². The van der Waals surface area contributed by atoms with Crippen LogP contribution < -0.4 is 10.1 Å². The maximum Gasteiger partial charge on any atom is 0.122 e. The van der Waals surface area contributed by atoms with Crippen LogP contribution >= 0.6 is 0 Å². The quantitative estimate of drug-likeness (QED) is 0.844. The van der Waals surface area contributed by atoms with E-state index in [2.05, 4.69) is 5.32 Å². The first-order valence-corrected chi connectivity index (χ1v) is 6.91. The Kier molecular flexibility index (Phi) is 5.19. The fraction of sp³-hybridized carbons (Fsp3) is 0.600. The molecule has 0 radical (unpaired) electrons. The highest BCUT2D eigenvalue weighted by Crippen LogP contribution is 2.22. The smallest absolute Gasteiger partial charge is 0.122 e. The third-order valence-corrected chi connectivity index (χ3v) is 3.15. The Bertz CT molecular complexity index is 389. The van der Waals surface area contributed by atoms with Gasteiger partial charge >= 0.3 is 0 Å². The van der Waals surface area contributed by atoms with E-state index in [0.717, 1.165) is 17.9 Å². The van der Waals surface area contributed by atoms with E-state index in [9.17, 15) is 5.11 Å². The Morgan fingerprint density at radius 1 is 1.42 bits per heavy atom. The van der Waals surface area contributed by atoms with E-state index >= 15 is 0 Å². The van der Waals surface area contributed by atoms with Crippen molar-refractivity contribution in [3.8, 4) is 5.75 Å². The van der Waals surface area contributed by atoms with Crippen LogP contribution in [-0.4, -0.2) is 43.1 Å². The molecule has 1 fully saturated rings. The summed E-state index contributed by atoms with van der Waals surface area (Å²) in [5.41, 5.74) is 1.03. The zero-order valence-electron chi connectivity index (χ0n) is 11.6. The summed E-state index contributed by atoms with van der Waals surface area (Å²) in [6.45, 7) is 6.22. The zero-order valence-corrected chi connectivity index (χ0v) is 11.6. The molecule has 1 saturated heterocycles. The molecule has 4 nitrogen and oxygen atoms in total. The standard InChI is InChI=1S/C15H23NO3/c1-11(2)19-14-6-4-3-5-12(14)9-13(17)15-10-16-7-8-18-15/h3-6,11,13,15-17H,7-10H2,1-2H3. The highest BCUT2D eigenvalue weighted by atomic mass is 16.5. The van der Waals surface area contributed by atoms with Gasteiger partial charge in [0.15, 0.2) is 0 Å². The highest BCUT2D eigenvalue weighted by molar-refractivity contribution is 5.34. The second-order valence-electron chi connectivity index (χ2n) is 5.16. The fourth-order valence-electron chi connectivity index (χ4n) is 2.23. The molecule has 19 heavy (non-hydrogen) atoms. The summed E-state index contributed by atoms with van der Waals surface area (Å²) in [6, 6.07) is 7.86. The van der Waals surface area contributed by atoms with Crippen LogP contribution in [-0.2, 0) is 11.2 Å². The second kappa shape index (κ2) is 6.89. The molecule has 0 aromatic heterocycles. The molecule has 0 spiro atoms. The molecule has 2 atom stereocenters. The molecular weight excluding hydrogens is 242 g/mol. The van der Waals surface area contributed by atoms with Crippen molar-refractivity contribution in [1.82, 2.24) is 5.32 Å². The molecular formula is C15H23NO3. The molecule has 2 rings (SSSR count). The highest BCUT2D eigenvalue weighted by Gasteiger charge is 2.23. The van der Waals surface area contributed by atoms with Crippen molar-refractivity contribution in [3.63, 3.8) is 0 Å². The summed E-state index contributed by atoms with van der Waals surface area (Å²) in [4.78, 5) is 0. The van der Waals surface area contributed by atoms with Gasteiger partial charge in [-0.2, -0.15) is 0 Å². The summed E-state index contributed by atoms with van der Waals surface area (Å²) < 4.78 is 11.3. The largest absolute Gasteiger partial charge is 0.491 e. The van der Waals surface area contributed by atoms with Crippen LogP contribution in [0.3, 0.4) is 0 Å². The normalized spacial score (nSPS) is 21.4. The van der Waals surface area contributed by atoms with Crippen LogP contribution in [0.25, 0.3) is 0 Å². The Morgan fingerprint density at radius 3 is 2.89 bits per heavy atom. The van der Waals surface area contributed by atoms with Gasteiger partial charge in [0.1, 0.15) is 5.75 Å². The minimum atomic E-state index is -0.510. The fourth-order valence-corrected chi connectivity index (χ4v) is 2.23. The van der Waals surface area contributed by atoms with Gasteiger partial charge in [0.05, 0.1) is 24.9 Å². The molecule has 0 saturated carbocycles. The van der Waals surface area contributed by atoms with E-state index in [0.29, 0.717) is 19.6 Å². The van der Waals surface area contributed by atoms with Crippen molar-refractivity contribution in [2.45, 2.75) is 38.6 Å². The lowest BCUT2D eigenvalue weighted by Gasteiger charge is -2.28. The van der Waals surface area contributed by atoms with Crippen molar-refractivity contribution in [3.05, 3.63) is 29.8 Å².